The Labute approximate surface area is 205 Å². The fourth-order valence-electron chi connectivity index (χ4n) is 4.45. The summed E-state index contributed by atoms with van der Waals surface area (Å²) in [5, 5.41) is 1.27. The highest BCUT2D eigenvalue weighted by Crippen LogP contribution is 2.42. The molecule has 2 N–H and O–H groups in total. The van der Waals surface area contributed by atoms with Crippen LogP contribution in [0.2, 0.25) is 0 Å². The first-order chi connectivity index (χ1) is 16.0. The van der Waals surface area contributed by atoms with Crippen LogP contribution in [-0.2, 0) is 6.42 Å². The monoisotopic (exact) mass is 518 g/mol. The van der Waals surface area contributed by atoms with E-state index in [2.05, 4.69) is 40.0 Å². The molecule has 2 aromatic heterocycles. The molecule has 0 fully saturated rings. The number of aromatic nitrogens is 3. The Hall–Kier alpha value is -2.77. The third kappa shape index (κ3) is 4.39. The molecular formula is C26H23BrN4OS. The predicted octanol–water partition coefficient (Wildman–Crippen LogP) is 6.45. The SMILES string of the molecule is CC1CCCc2c1nc1nc(SCC(=O)c3ccccc3)nc(N)c1c2-c1ccc(Br)cc1. The summed E-state index contributed by atoms with van der Waals surface area (Å²) in [4.78, 5) is 26.8. The molecule has 7 heteroatoms. The number of thioether (sulfide) groups is 1. The van der Waals surface area contributed by atoms with Crippen molar-refractivity contribution in [3.05, 3.63) is 75.9 Å². The lowest BCUT2D eigenvalue weighted by Crippen LogP contribution is -2.13. The number of benzene rings is 2. The van der Waals surface area contributed by atoms with Crippen LogP contribution in [0.1, 0.15) is 47.3 Å². The van der Waals surface area contributed by atoms with Crippen LogP contribution in [0.25, 0.3) is 22.2 Å². The number of carbonyl (C=O) groups is 1. The van der Waals surface area contributed by atoms with Gasteiger partial charge in [-0.2, -0.15) is 0 Å². The second-order valence-electron chi connectivity index (χ2n) is 8.32. The number of hydrogen-bond donors (Lipinski definition) is 1. The molecule has 1 aliphatic carbocycles. The maximum absolute atomic E-state index is 12.5. The van der Waals surface area contributed by atoms with Gasteiger partial charge < -0.3 is 5.73 Å². The van der Waals surface area contributed by atoms with E-state index in [4.69, 9.17) is 15.7 Å². The van der Waals surface area contributed by atoms with Crippen LogP contribution in [0, 0.1) is 0 Å². The van der Waals surface area contributed by atoms with E-state index in [1.807, 2.05) is 42.5 Å². The number of fused-ring (bicyclic) bond motifs is 2. The molecule has 33 heavy (non-hydrogen) atoms. The Bertz CT molecular complexity index is 1340. The zero-order valence-corrected chi connectivity index (χ0v) is 20.6. The molecule has 0 saturated carbocycles. The van der Waals surface area contributed by atoms with Crippen LogP contribution >= 0.6 is 27.7 Å². The zero-order chi connectivity index (χ0) is 22.9. The summed E-state index contributed by atoms with van der Waals surface area (Å²) >= 11 is 4.83. The van der Waals surface area contributed by atoms with Gasteiger partial charge in [0.1, 0.15) is 5.82 Å². The van der Waals surface area contributed by atoms with Gasteiger partial charge in [0.05, 0.1) is 11.1 Å². The van der Waals surface area contributed by atoms with Gasteiger partial charge in [-0.3, -0.25) is 4.79 Å². The first kappa shape index (κ1) is 22.0. The highest BCUT2D eigenvalue weighted by atomic mass is 79.9. The summed E-state index contributed by atoms with van der Waals surface area (Å²) in [6.07, 6.45) is 3.20. The van der Waals surface area contributed by atoms with E-state index in [-0.39, 0.29) is 11.5 Å². The van der Waals surface area contributed by atoms with Gasteiger partial charge >= 0.3 is 0 Å². The Balaban J connectivity index is 1.59. The Morgan fingerprint density at radius 1 is 1.09 bits per heavy atom. The molecule has 0 amide bonds. The van der Waals surface area contributed by atoms with E-state index in [1.54, 1.807) is 0 Å². The van der Waals surface area contributed by atoms with Crippen molar-refractivity contribution in [2.45, 2.75) is 37.3 Å². The quantitative estimate of drug-likeness (QED) is 0.185. The van der Waals surface area contributed by atoms with Crippen LogP contribution in [0.4, 0.5) is 5.82 Å². The highest BCUT2D eigenvalue weighted by Gasteiger charge is 2.26. The number of pyridine rings is 1. The van der Waals surface area contributed by atoms with Crippen molar-refractivity contribution in [3.63, 3.8) is 0 Å². The number of halogens is 1. The third-order valence-electron chi connectivity index (χ3n) is 6.08. The van der Waals surface area contributed by atoms with Crippen molar-refractivity contribution in [1.82, 2.24) is 15.0 Å². The van der Waals surface area contributed by atoms with Crippen molar-refractivity contribution >= 4 is 50.3 Å². The molecule has 0 aliphatic heterocycles. The zero-order valence-electron chi connectivity index (χ0n) is 18.2. The maximum Gasteiger partial charge on any atom is 0.192 e. The Kier molecular flexibility index (Phi) is 6.17. The molecule has 166 valence electrons. The highest BCUT2D eigenvalue weighted by molar-refractivity contribution is 9.10. The molecule has 2 aromatic carbocycles. The number of Topliss-reactive ketones (excluding diaryl/α,β-unsaturated/α-hetero) is 1. The van der Waals surface area contributed by atoms with E-state index in [0.717, 1.165) is 45.9 Å². The standard InChI is InChI=1S/C26H23BrN4OS/c1-15-6-5-9-19-21(17-10-12-18(27)13-11-17)22-24(28)30-26(31-25(22)29-23(15)19)33-14-20(32)16-7-3-2-4-8-16/h2-4,7-8,10-13,15H,5-6,9,14H2,1H3,(H2,28,29,30,31). The lowest BCUT2D eigenvalue weighted by Gasteiger charge is -2.25. The fraction of sp³-hybridized carbons (Fsp3) is 0.231. The number of nitrogen functional groups attached to an aromatic ring is 1. The summed E-state index contributed by atoms with van der Waals surface area (Å²) < 4.78 is 1.03. The van der Waals surface area contributed by atoms with Crippen molar-refractivity contribution < 1.29 is 4.79 Å². The lowest BCUT2D eigenvalue weighted by molar-refractivity contribution is 0.102. The minimum Gasteiger partial charge on any atom is -0.383 e. The van der Waals surface area contributed by atoms with Crippen molar-refractivity contribution in [3.8, 4) is 11.1 Å². The normalized spacial score (nSPS) is 15.4. The Morgan fingerprint density at radius 3 is 2.61 bits per heavy atom. The molecule has 5 nitrogen and oxygen atoms in total. The molecular weight excluding hydrogens is 496 g/mol. The van der Waals surface area contributed by atoms with E-state index in [9.17, 15) is 4.79 Å². The lowest BCUT2D eigenvalue weighted by atomic mass is 9.82. The molecule has 1 unspecified atom stereocenters. The first-order valence-electron chi connectivity index (χ1n) is 11.0. The molecule has 0 bridgehead atoms. The molecule has 4 aromatic rings. The van der Waals surface area contributed by atoms with E-state index < -0.39 is 0 Å². The summed E-state index contributed by atoms with van der Waals surface area (Å²) in [5.41, 5.74) is 12.3. The second-order valence-corrected chi connectivity index (χ2v) is 10.2. The smallest absolute Gasteiger partial charge is 0.192 e. The molecule has 2 heterocycles. The number of ketones is 1. The van der Waals surface area contributed by atoms with E-state index >= 15 is 0 Å². The van der Waals surface area contributed by atoms with Crippen LogP contribution in [0.3, 0.4) is 0 Å². The largest absolute Gasteiger partial charge is 0.383 e. The minimum absolute atomic E-state index is 0.0328. The van der Waals surface area contributed by atoms with E-state index in [0.29, 0.717) is 28.1 Å². The minimum atomic E-state index is 0.0328. The van der Waals surface area contributed by atoms with Gasteiger partial charge in [-0.15, -0.1) is 0 Å². The van der Waals surface area contributed by atoms with Gasteiger partial charge in [-0.25, -0.2) is 15.0 Å². The van der Waals surface area contributed by atoms with Crippen LogP contribution < -0.4 is 5.73 Å². The number of rotatable bonds is 5. The van der Waals surface area contributed by atoms with Crippen LogP contribution in [0.5, 0.6) is 0 Å². The Morgan fingerprint density at radius 2 is 1.85 bits per heavy atom. The molecule has 1 atom stereocenters. The van der Waals surface area contributed by atoms with Gasteiger partial charge in [0.2, 0.25) is 0 Å². The molecule has 0 saturated heterocycles. The number of hydrogen-bond acceptors (Lipinski definition) is 6. The number of carbonyl (C=O) groups excluding carboxylic acids is 1. The number of nitrogens with zero attached hydrogens (tertiary/aromatic N) is 3. The summed E-state index contributed by atoms with van der Waals surface area (Å²) in [6, 6.07) is 17.5. The summed E-state index contributed by atoms with van der Waals surface area (Å²) in [7, 11) is 0. The molecule has 0 spiro atoms. The van der Waals surface area contributed by atoms with Crippen molar-refractivity contribution in [1.29, 1.82) is 0 Å². The summed E-state index contributed by atoms with van der Waals surface area (Å²) in [6.45, 7) is 2.22. The second kappa shape index (κ2) is 9.23. The van der Waals surface area contributed by atoms with Crippen LogP contribution in [0.15, 0.2) is 64.2 Å². The fourth-order valence-corrected chi connectivity index (χ4v) is 5.45. The predicted molar refractivity (Wildman–Crippen MR) is 138 cm³/mol. The number of nitrogens with two attached hydrogens (primary N) is 1. The van der Waals surface area contributed by atoms with Crippen molar-refractivity contribution in [2.75, 3.05) is 11.5 Å². The van der Waals surface area contributed by atoms with Gasteiger partial charge in [0.25, 0.3) is 0 Å². The average molecular weight is 519 g/mol. The van der Waals surface area contributed by atoms with E-state index in [1.165, 1.54) is 17.3 Å². The topological polar surface area (TPSA) is 81.8 Å². The van der Waals surface area contributed by atoms with Gasteiger partial charge in [-0.05, 0) is 48.4 Å². The van der Waals surface area contributed by atoms with Gasteiger partial charge in [0, 0.05) is 21.3 Å². The van der Waals surface area contributed by atoms with Gasteiger partial charge in [0.15, 0.2) is 16.6 Å². The average Bonchev–Trinajstić information content (AvgIpc) is 2.83. The summed E-state index contributed by atoms with van der Waals surface area (Å²) in [5.74, 6) is 1.04. The number of anilines is 1. The first-order valence-corrected chi connectivity index (χ1v) is 12.8. The third-order valence-corrected chi connectivity index (χ3v) is 7.45. The molecule has 1 aliphatic rings. The maximum atomic E-state index is 12.5. The van der Waals surface area contributed by atoms with Gasteiger partial charge in [-0.1, -0.05) is 77.1 Å². The molecule has 5 rings (SSSR count). The van der Waals surface area contributed by atoms with Crippen LogP contribution in [-0.4, -0.2) is 26.5 Å². The van der Waals surface area contributed by atoms with Crippen molar-refractivity contribution in [2.24, 2.45) is 0 Å². The molecule has 0 radical (unpaired) electrons.